The number of phenols is 1. The molecular weight excluding hydrogens is 370 g/mol. The van der Waals surface area contributed by atoms with E-state index in [1.54, 1.807) is 23.6 Å². The summed E-state index contributed by atoms with van der Waals surface area (Å²) < 4.78 is 5.32. The number of carbonyl (C=O) groups excluding carboxylic acids is 1. The lowest BCUT2D eigenvalue weighted by molar-refractivity contribution is 0.0526. The van der Waals surface area contributed by atoms with Gasteiger partial charge in [-0.1, -0.05) is 36.8 Å². The largest absolute Gasteiger partial charge is 0.507 e. The molecule has 3 aromatic rings. The van der Waals surface area contributed by atoms with E-state index in [9.17, 15) is 9.90 Å². The first-order chi connectivity index (χ1) is 13.7. The smallest absolute Gasteiger partial charge is 0.341 e. The van der Waals surface area contributed by atoms with E-state index in [0.29, 0.717) is 22.7 Å². The Morgan fingerprint density at radius 3 is 2.86 bits per heavy atom. The van der Waals surface area contributed by atoms with Crippen molar-refractivity contribution in [3.63, 3.8) is 0 Å². The van der Waals surface area contributed by atoms with Crippen molar-refractivity contribution in [1.82, 2.24) is 0 Å². The Kier molecular flexibility index (Phi) is 5.44. The average Bonchev–Trinajstić information content (AvgIpc) is 2.88. The number of ether oxygens (including phenoxy) is 1. The quantitative estimate of drug-likeness (QED) is 0.346. The molecule has 144 valence electrons. The van der Waals surface area contributed by atoms with E-state index in [-0.39, 0.29) is 11.7 Å². The summed E-state index contributed by atoms with van der Waals surface area (Å²) >= 11 is 1.58. The number of carbonyl (C=O) groups is 1. The average molecular weight is 394 g/mol. The molecule has 1 aliphatic carbocycles. The molecule has 0 radical (unpaired) electrons. The number of thiophene rings is 1. The second kappa shape index (κ2) is 8.15. The van der Waals surface area contributed by atoms with E-state index in [1.165, 1.54) is 11.3 Å². The second-order valence-corrected chi connectivity index (χ2v) is 8.03. The third-order valence-corrected chi connectivity index (χ3v) is 6.34. The highest BCUT2D eigenvalue weighted by Gasteiger charge is 2.25. The van der Waals surface area contributed by atoms with Crippen LogP contribution in [0.1, 0.15) is 52.5 Å². The van der Waals surface area contributed by atoms with Gasteiger partial charge in [0, 0.05) is 16.7 Å². The summed E-state index contributed by atoms with van der Waals surface area (Å²) in [6.45, 7) is 2.16. The zero-order valence-corrected chi connectivity index (χ0v) is 16.7. The van der Waals surface area contributed by atoms with Gasteiger partial charge in [-0.05, 0) is 55.0 Å². The fourth-order valence-corrected chi connectivity index (χ4v) is 5.00. The molecule has 1 aliphatic rings. The van der Waals surface area contributed by atoms with Crippen molar-refractivity contribution in [1.29, 1.82) is 0 Å². The fraction of sp³-hybridized carbons (Fsp3) is 0.304. The zero-order chi connectivity index (χ0) is 19.5. The van der Waals surface area contributed by atoms with E-state index in [1.807, 2.05) is 37.3 Å². The molecule has 4 rings (SSSR count). The van der Waals surface area contributed by atoms with Crippen LogP contribution in [-0.2, 0) is 17.6 Å². The number of fused-ring (bicyclic) bond motifs is 2. The molecule has 1 N–H and O–H groups in total. The predicted octanol–water partition coefficient (Wildman–Crippen LogP) is 5.80. The van der Waals surface area contributed by atoms with E-state index < -0.39 is 0 Å². The number of rotatable bonds is 4. The summed E-state index contributed by atoms with van der Waals surface area (Å²) in [7, 11) is 0. The topological polar surface area (TPSA) is 58.9 Å². The van der Waals surface area contributed by atoms with Crippen LogP contribution in [0, 0.1) is 0 Å². The van der Waals surface area contributed by atoms with Gasteiger partial charge >= 0.3 is 5.97 Å². The van der Waals surface area contributed by atoms with Crippen molar-refractivity contribution in [2.75, 3.05) is 6.61 Å². The van der Waals surface area contributed by atoms with Gasteiger partial charge in [-0.2, -0.15) is 0 Å². The molecule has 1 aromatic heterocycles. The minimum absolute atomic E-state index is 0.179. The molecule has 2 aromatic carbocycles. The Morgan fingerprint density at radius 1 is 1.18 bits per heavy atom. The number of hydrogen-bond donors (Lipinski definition) is 1. The third kappa shape index (κ3) is 3.54. The van der Waals surface area contributed by atoms with Crippen molar-refractivity contribution >= 4 is 39.3 Å². The highest BCUT2D eigenvalue weighted by molar-refractivity contribution is 7.16. The summed E-state index contributed by atoms with van der Waals surface area (Å²) in [5, 5.41) is 13.0. The standard InChI is InChI=1S/C23H23NO3S/c1-2-27-23(26)21-17-10-4-3-5-11-20(17)28-22(21)24-14-18-16-9-7-6-8-15(16)12-13-19(18)25/h6-9,12-14,25H,2-5,10-11H2,1H3/b24-14+. The number of hydrogen-bond acceptors (Lipinski definition) is 5. The summed E-state index contributed by atoms with van der Waals surface area (Å²) in [5.74, 6) is -0.116. The van der Waals surface area contributed by atoms with Gasteiger partial charge in [-0.25, -0.2) is 9.79 Å². The van der Waals surface area contributed by atoms with Crippen LogP contribution in [0.4, 0.5) is 5.00 Å². The molecule has 0 amide bonds. The van der Waals surface area contributed by atoms with Crippen molar-refractivity contribution < 1.29 is 14.6 Å². The van der Waals surface area contributed by atoms with Crippen LogP contribution in [-0.4, -0.2) is 23.9 Å². The van der Waals surface area contributed by atoms with E-state index in [2.05, 4.69) is 4.99 Å². The molecule has 0 bridgehead atoms. The molecule has 5 heteroatoms. The van der Waals surface area contributed by atoms with Crippen molar-refractivity contribution in [2.24, 2.45) is 4.99 Å². The maximum Gasteiger partial charge on any atom is 0.341 e. The van der Waals surface area contributed by atoms with E-state index in [4.69, 9.17) is 4.74 Å². The third-order valence-electron chi connectivity index (χ3n) is 5.14. The van der Waals surface area contributed by atoms with Crippen molar-refractivity contribution in [2.45, 2.75) is 39.0 Å². The first kappa shape index (κ1) is 18.7. The SMILES string of the molecule is CCOC(=O)c1c(/N=C/c2c(O)ccc3ccccc23)sc2c1CCCCC2. The van der Waals surface area contributed by atoms with Crippen molar-refractivity contribution in [3.8, 4) is 5.75 Å². The van der Waals surface area contributed by atoms with Gasteiger partial charge in [-0.15, -0.1) is 11.3 Å². The number of aliphatic imine (C=N–C) groups is 1. The van der Waals surface area contributed by atoms with Crippen LogP contribution >= 0.6 is 11.3 Å². The Labute approximate surface area is 168 Å². The van der Waals surface area contributed by atoms with Gasteiger partial charge in [0.25, 0.3) is 0 Å². The van der Waals surface area contributed by atoms with Crippen LogP contribution in [0.5, 0.6) is 5.75 Å². The molecule has 0 atom stereocenters. The number of benzene rings is 2. The monoisotopic (exact) mass is 393 g/mol. The Bertz CT molecular complexity index is 1050. The molecule has 1 heterocycles. The van der Waals surface area contributed by atoms with Crippen LogP contribution < -0.4 is 0 Å². The molecular formula is C23H23NO3S. The molecule has 0 unspecified atom stereocenters. The van der Waals surface area contributed by atoms with E-state index >= 15 is 0 Å². The lowest BCUT2D eigenvalue weighted by Gasteiger charge is -2.06. The van der Waals surface area contributed by atoms with Crippen LogP contribution in [0.25, 0.3) is 10.8 Å². The van der Waals surface area contributed by atoms with Crippen molar-refractivity contribution in [3.05, 3.63) is 58.0 Å². The van der Waals surface area contributed by atoms with Gasteiger partial charge in [0.15, 0.2) is 0 Å². The van der Waals surface area contributed by atoms with E-state index in [0.717, 1.165) is 42.0 Å². The minimum atomic E-state index is -0.295. The maximum atomic E-state index is 12.7. The first-order valence-electron chi connectivity index (χ1n) is 9.75. The number of nitrogens with zero attached hydrogens (tertiary/aromatic N) is 1. The summed E-state index contributed by atoms with van der Waals surface area (Å²) in [5.41, 5.74) is 2.38. The highest BCUT2D eigenvalue weighted by Crippen LogP contribution is 2.40. The Morgan fingerprint density at radius 2 is 2.00 bits per heavy atom. The number of aryl methyl sites for hydroxylation is 1. The molecule has 28 heavy (non-hydrogen) atoms. The van der Waals surface area contributed by atoms with Crippen LogP contribution in [0.2, 0.25) is 0 Å². The number of phenolic OH excluding ortho intramolecular Hbond substituents is 1. The minimum Gasteiger partial charge on any atom is -0.507 e. The second-order valence-electron chi connectivity index (χ2n) is 6.94. The Balaban J connectivity index is 1.80. The first-order valence-corrected chi connectivity index (χ1v) is 10.6. The summed E-state index contributed by atoms with van der Waals surface area (Å²) in [6, 6.07) is 11.4. The van der Waals surface area contributed by atoms with Gasteiger partial charge in [0.05, 0.1) is 12.2 Å². The normalized spacial score (nSPS) is 14.2. The van der Waals surface area contributed by atoms with Crippen LogP contribution in [0.3, 0.4) is 0 Å². The summed E-state index contributed by atoms with van der Waals surface area (Å²) in [6.07, 6.45) is 6.97. The molecule has 0 aliphatic heterocycles. The Hall–Kier alpha value is -2.66. The lowest BCUT2D eigenvalue weighted by Crippen LogP contribution is -2.07. The number of aromatic hydroxyl groups is 1. The van der Waals surface area contributed by atoms with Gasteiger partial charge in [-0.3, -0.25) is 0 Å². The molecule has 0 fully saturated rings. The summed E-state index contributed by atoms with van der Waals surface area (Å²) in [4.78, 5) is 18.6. The van der Waals surface area contributed by atoms with Gasteiger partial charge < -0.3 is 9.84 Å². The highest BCUT2D eigenvalue weighted by atomic mass is 32.1. The van der Waals surface area contributed by atoms with Crippen LogP contribution in [0.15, 0.2) is 41.4 Å². The number of esters is 1. The lowest BCUT2D eigenvalue weighted by atomic mass is 10.0. The maximum absolute atomic E-state index is 12.7. The molecule has 0 saturated carbocycles. The molecule has 0 spiro atoms. The zero-order valence-electron chi connectivity index (χ0n) is 15.9. The molecule has 4 nitrogen and oxygen atoms in total. The van der Waals surface area contributed by atoms with Gasteiger partial charge in [0.2, 0.25) is 0 Å². The predicted molar refractivity (Wildman–Crippen MR) is 114 cm³/mol. The van der Waals surface area contributed by atoms with Gasteiger partial charge in [0.1, 0.15) is 10.8 Å². The molecule has 0 saturated heterocycles. The fourth-order valence-electron chi connectivity index (χ4n) is 3.78.